The lowest BCUT2D eigenvalue weighted by atomic mass is 10.0. The molecule has 0 heterocycles. The van der Waals surface area contributed by atoms with Crippen molar-refractivity contribution in [2.75, 3.05) is 13.2 Å². The highest BCUT2D eigenvalue weighted by Crippen LogP contribution is 2.17. The van der Waals surface area contributed by atoms with Crippen molar-refractivity contribution in [2.45, 2.75) is 335 Å². The third-order valence-electron chi connectivity index (χ3n) is 14.4. The first-order chi connectivity index (χ1) is 38.0. The predicted octanol–water partition coefficient (Wildman–Crippen LogP) is 22.7. The normalized spacial score (nSPS) is 12.6. The summed E-state index contributed by atoms with van der Waals surface area (Å²) in [6.45, 7) is 6.54. The van der Waals surface area contributed by atoms with Gasteiger partial charge in [-0.15, -0.1) is 0 Å². The fourth-order valence-corrected chi connectivity index (χ4v) is 9.44. The molecule has 444 valence electrons. The van der Waals surface area contributed by atoms with E-state index in [1.165, 1.54) is 193 Å². The number of carbonyl (C=O) groups excluding carboxylic acids is 3. The smallest absolute Gasteiger partial charge is 0.306 e. The molecular weight excluding hydrogens is 949 g/mol. The lowest BCUT2D eigenvalue weighted by Gasteiger charge is -2.18. The maximum absolute atomic E-state index is 12.9. The van der Waals surface area contributed by atoms with E-state index in [0.717, 1.165) is 96.3 Å². The summed E-state index contributed by atoms with van der Waals surface area (Å²) in [5.74, 6) is -0.869. The third-order valence-corrected chi connectivity index (χ3v) is 14.4. The molecule has 0 radical (unpaired) electrons. The molecule has 0 aromatic heterocycles. The van der Waals surface area contributed by atoms with Crippen LogP contribution in [0.15, 0.2) is 85.1 Å². The van der Waals surface area contributed by atoms with Crippen LogP contribution in [0.5, 0.6) is 0 Å². The van der Waals surface area contributed by atoms with Crippen LogP contribution >= 0.6 is 0 Å². The van der Waals surface area contributed by atoms with Gasteiger partial charge in [0.25, 0.3) is 0 Å². The van der Waals surface area contributed by atoms with Gasteiger partial charge < -0.3 is 14.2 Å². The highest BCUT2D eigenvalue weighted by molar-refractivity contribution is 5.71. The summed E-state index contributed by atoms with van der Waals surface area (Å²) in [6, 6.07) is 0. The molecule has 0 spiro atoms. The molecule has 0 saturated carbocycles. The van der Waals surface area contributed by atoms with Crippen LogP contribution in [0.4, 0.5) is 0 Å². The van der Waals surface area contributed by atoms with Crippen LogP contribution in [-0.4, -0.2) is 37.2 Å². The number of carbonyl (C=O) groups is 3. The number of ether oxygens (including phenoxy) is 3. The Morgan fingerprint density at radius 1 is 0.273 bits per heavy atom. The Morgan fingerprint density at radius 3 is 0.792 bits per heavy atom. The zero-order chi connectivity index (χ0) is 55.7. The van der Waals surface area contributed by atoms with Gasteiger partial charge >= 0.3 is 17.9 Å². The van der Waals surface area contributed by atoms with Crippen molar-refractivity contribution in [1.82, 2.24) is 0 Å². The van der Waals surface area contributed by atoms with E-state index in [0.29, 0.717) is 19.3 Å². The Morgan fingerprint density at radius 2 is 0.506 bits per heavy atom. The summed E-state index contributed by atoms with van der Waals surface area (Å²) in [6.07, 6.45) is 85.9. The lowest BCUT2D eigenvalue weighted by Crippen LogP contribution is -2.30. The average molecular weight is 1070 g/mol. The molecule has 0 aliphatic heterocycles. The Labute approximate surface area is 477 Å². The van der Waals surface area contributed by atoms with Crippen molar-refractivity contribution in [2.24, 2.45) is 0 Å². The van der Waals surface area contributed by atoms with E-state index in [1.807, 2.05) is 0 Å². The van der Waals surface area contributed by atoms with E-state index in [-0.39, 0.29) is 31.1 Å². The van der Waals surface area contributed by atoms with Crippen molar-refractivity contribution in [3.8, 4) is 0 Å². The highest BCUT2D eigenvalue weighted by atomic mass is 16.6. The molecule has 0 N–H and O–H groups in total. The molecule has 0 aromatic rings. The molecule has 77 heavy (non-hydrogen) atoms. The van der Waals surface area contributed by atoms with Crippen molar-refractivity contribution < 1.29 is 28.6 Å². The SMILES string of the molecule is CC/C=C\C/C=C\C/C=C\C/C=C\C/C=C\CCCCCCCCCCCCCC(=O)OCC(COC(=O)CCCCCCCCCCCCC)OC(=O)CCCCCCCCCCC/C=C\C/C=C\CCCCCCC. The molecule has 0 bridgehead atoms. The van der Waals surface area contributed by atoms with Crippen LogP contribution in [0.1, 0.15) is 329 Å². The molecular formula is C71H124O6. The van der Waals surface area contributed by atoms with E-state index in [1.54, 1.807) is 0 Å². The van der Waals surface area contributed by atoms with Gasteiger partial charge in [0.1, 0.15) is 13.2 Å². The van der Waals surface area contributed by atoms with Gasteiger partial charge in [0, 0.05) is 19.3 Å². The number of unbranched alkanes of at least 4 members (excludes halogenated alkanes) is 35. The standard InChI is InChI=1S/C71H124O6/c1-4-7-10-13-16-19-22-24-26-28-30-32-33-34-35-36-37-39-40-42-44-46-49-52-55-58-61-64-70(73)76-67-68(66-75-69(72)63-60-57-54-51-48-21-18-15-12-9-6-3)77-71(74)65-62-59-56-53-50-47-45-43-41-38-31-29-27-25-23-20-17-14-11-8-5-2/h7,10,16,19,23-26,29-32,34-35,68H,4-6,8-9,11-15,17-18,20-22,27-28,33,36-67H2,1-3H3/b10-7-,19-16-,25-23-,26-24-,31-29-,32-30-,35-34-. The highest BCUT2D eigenvalue weighted by Gasteiger charge is 2.19. The monoisotopic (exact) mass is 1070 g/mol. The first-order valence-corrected chi connectivity index (χ1v) is 33.1. The molecule has 0 fully saturated rings. The molecule has 0 amide bonds. The number of hydrogen-bond donors (Lipinski definition) is 0. The second kappa shape index (κ2) is 65.1. The van der Waals surface area contributed by atoms with E-state index < -0.39 is 6.10 Å². The van der Waals surface area contributed by atoms with Gasteiger partial charge in [-0.05, 0) is 96.3 Å². The fourth-order valence-electron chi connectivity index (χ4n) is 9.44. The predicted molar refractivity (Wildman–Crippen MR) is 334 cm³/mol. The van der Waals surface area contributed by atoms with Gasteiger partial charge in [0.15, 0.2) is 6.10 Å². The fraction of sp³-hybridized carbons (Fsp3) is 0.761. The summed E-state index contributed by atoms with van der Waals surface area (Å²) in [4.78, 5) is 38.3. The maximum Gasteiger partial charge on any atom is 0.306 e. The second-order valence-corrected chi connectivity index (χ2v) is 22.0. The molecule has 6 heteroatoms. The summed E-state index contributed by atoms with van der Waals surface area (Å²) in [5.41, 5.74) is 0. The molecule has 1 atom stereocenters. The zero-order valence-corrected chi connectivity index (χ0v) is 51.0. The quantitative estimate of drug-likeness (QED) is 0.0261. The van der Waals surface area contributed by atoms with Gasteiger partial charge in [-0.1, -0.05) is 298 Å². The Balaban J connectivity index is 4.26. The van der Waals surface area contributed by atoms with Crippen LogP contribution in [0.25, 0.3) is 0 Å². The first kappa shape index (κ1) is 73.6. The molecule has 0 aromatic carbocycles. The van der Waals surface area contributed by atoms with Crippen LogP contribution in [0.2, 0.25) is 0 Å². The molecule has 0 saturated heterocycles. The summed E-state index contributed by atoms with van der Waals surface area (Å²) in [7, 11) is 0. The molecule has 0 rings (SSSR count). The van der Waals surface area contributed by atoms with E-state index in [9.17, 15) is 14.4 Å². The summed E-state index contributed by atoms with van der Waals surface area (Å²) in [5, 5.41) is 0. The van der Waals surface area contributed by atoms with E-state index in [2.05, 4.69) is 106 Å². The number of hydrogen-bond acceptors (Lipinski definition) is 6. The van der Waals surface area contributed by atoms with Crippen LogP contribution in [-0.2, 0) is 28.6 Å². The van der Waals surface area contributed by atoms with Crippen molar-refractivity contribution in [3.63, 3.8) is 0 Å². The number of esters is 3. The van der Waals surface area contributed by atoms with Crippen molar-refractivity contribution in [3.05, 3.63) is 85.1 Å². The van der Waals surface area contributed by atoms with Gasteiger partial charge in [0.05, 0.1) is 0 Å². The van der Waals surface area contributed by atoms with Crippen molar-refractivity contribution in [1.29, 1.82) is 0 Å². The van der Waals surface area contributed by atoms with Gasteiger partial charge in [0.2, 0.25) is 0 Å². The second-order valence-electron chi connectivity index (χ2n) is 22.0. The largest absolute Gasteiger partial charge is 0.462 e. The summed E-state index contributed by atoms with van der Waals surface area (Å²) < 4.78 is 16.9. The minimum atomic E-state index is -0.779. The molecule has 1 unspecified atom stereocenters. The Hall–Kier alpha value is -3.41. The zero-order valence-electron chi connectivity index (χ0n) is 51.0. The summed E-state index contributed by atoms with van der Waals surface area (Å²) >= 11 is 0. The van der Waals surface area contributed by atoms with E-state index >= 15 is 0 Å². The van der Waals surface area contributed by atoms with Gasteiger partial charge in [-0.25, -0.2) is 0 Å². The van der Waals surface area contributed by atoms with Gasteiger partial charge in [-0.2, -0.15) is 0 Å². The minimum Gasteiger partial charge on any atom is -0.462 e. The molecule has 0 aliphatic rings. The Kier molecular flexibility index (Phi) is 62.2. The first-order valence-electron chi connectivity index (χ1n) is 33.1. The van der Waals surface area contributed by atoms with Gasteiger partial charge in [-0.3, -0.25) is 14.4 Å². The lowest BCUT2D eigenvalue weighted by molar-refractivity contribution is -0.167. The number of rotatable bonds is 60. The van der Waals surface area contributed by atoms with Crippen molar-refractivity contribution >= 4 is 17.9 Å². The molecule has 6 nitrogen and oxygen atoms in total. The van der Waals surface area contributed by atoms with Crippen LogP contribution in [0, 0.1) is 0 Å². The minimum absolute atomic E-state index is 0.0755. The number of allylic oxidation sites excluding steroid dienone is 14. The van der Waals surface area contributed by atoms with Crippen LogP contribution < -0.4 is 0 Å². The van der Waals surface area contributed by atoms with E-state index in [4.69, 9.17) is 14.2 Å². The third kappa shape index (κ3) is 63.3. The average Bonchev–Trinajstić information content (AvgIpc) is 3.43. The van der Waals surface area contributed by atoms with Crippen LogP contribution in [0.3, 0.4) is 0 Å². The Bertz CT molecular complexity index is 1470. The topological polar surface area (TPSA) is 78.9 Å². The maximum atomic E-state index is 12.9. The molecule has 0 aliphatic carbocycles.